The zero-order valence-corrected chi connectivity index (χ0v) is 13.4. The van der Waals surface area contributed by atoms with Gasteiger partial charge in [0.05, 0.1) is 0 Å². The number of halogens is 2. The molecule has 2 unspecified atom stereocenters. The molecule has 0 bridgehead atoms. The van der Waals surface area contributed by atoms with Crippen LogP contribution in [0.3, 0.4) is 0 Å². The van der Waals surface area contributed by atoms with Crippen LogP contribution < -0.4 is 5.32 Å². The fraction of sp³-hybridized carbons (Fsp3) is 0.412. The number of hydrogen-bond donors (Lipinski definition) is 1. The van der Waals surface area contributed by atoms with Gasteiger partial charge in [-0.25, -0.2) is 8.78 Å². The van der Waals surface area contributed by atoms with Crippen LogP contribution in [0.1, 0.15) is 42.1 Å². The summed E-state index contributed by atoms with van der Waals surface area (Å²) in [5.41, 5.74) is 0.158. The molecule has 1 aromatic heterocycles. The molecule has 0 fully saturated rings. The van der Waals surface area contributed by atoms with Crippen molar-refractivity contribution < 1.29 is 8.78 Å². The Labute approximate surface area is 129 Å². The highest BCUT2D eigenvalue weighted by atomic mass is 32.1. The Morgan fingerprint density at radius 3 is 2.33 bits per heavy atom. The van der Waals surface area contributed by atoms with Gasteiger partial charge in [0.25, 0.3) is 0 Å². The molecule has 0 saturated carbocycles. The first kappa shape index (κ1) is 16.1. The molecule has 2 rings (SSSR count). The van der Waals surface area contributed by atoms with Crippen molar-refractivity contribution in [2.75, 3.05) is 0 Å². The minimum atomic E-state index is -0.472. The molecule has 0 aliphatic heterocycles. The molecule has 1 nitrogen and oxygen atoms in total. The third kappa shape index (κ3) is 4.11. The lowest BCUT2D eigenvalue weighted by Crippen LogP contribution is -2.31. The second-order valence-electron chi connectivity index (χ2n) is 5.35. The molecule has 0 saturated heterocycles. The van der Waals surface area contributed by atoms with E-state index < -0.39 is 11.6 Å². The van der Waals surface area contributed by atoms with Crippen molar-refractivity contribution in [2.24, 2.45) is 0 Å². The average molecular weight is 309 g/mol. The highest BCUT2D eigenvalue weighted by Crippen LogP contribution is 2.24. The molecule has 0 aliphatic rings. The van der Waals surface area contributed by atoms with E-state index in [1.54, 1.807) is 11.3 Å². The van der Waals surface area contributed by atoms with Crippen LogP contribution in [0.15, 0.2) is 30.3 Å². The van der Waals surface area contributed by atoms with Gasteiger partial charge < -0.3 is 5.32 Å². The summed E-state index contributed by atoms with van der Waals surface area (Å²) < 4.78 is 27.3. The Bertz CT molecular complexity index is 574. The first-order chi connectivity index (χ1) is 10.0. The molecule has 2 atom stereocenters. The molecule has 1 heterocycles. The molecule has 0 aliphatic carbocycles. The van der Waals surface area contributed by atoms with Crippen molar-refractivity contribution in [3.63, 3.8) is 0 Å². The number of nitrogens with one attached hydrogen (secondary N) is 1. The van der Waals surface area contributed by atoms with Crippen LogP contribution in [0, 0.1) is 11.6 Å². The van der Waals surface area contributed by atoms with Gasteiger partial charge in [-0.1, -0.05) is 13.0 Å². The van der Waals surface area contributed by atoms with Crippen molar-refractivity contribution in [3.8, 4) is 0 Å². The van der Waals surface area contributed by atoms with Gasteiger partial charge >= 0.3 is 0 Å². The van der Waals surface area contributed by atoms with Crippen molar-refractivity contribution in [2.45, 2.75) is 45.7 Å². The van der Waals surface area contributed by atoms with Crippen LogP contribution in [0.4, 0.5) is 8.78 Å². The van der Waals surface area contributed by atoms with Gasteiger partial charge in [-0.2, -0.15) is 0 Å². The van der Waals surface area contributed by atoms with E-state index in [-0.39, 0.29) is 17.6 Å². The van der Waals surface area contributed by atoms with Gasteiger partial charge in [0.2, 0.25) is 0 Å². The maximum atomic E-state index is 13.7. The van der Waals surface area contributed by atoms with Gasteiger partial charge in [0.15, 0.2) is 0 Å². The van der Waals surface area contributed by atoms with E-state index >= 15 is 0 Å². The molecule has 0 amide bonds. The number of thiophene rings is 1. The molecule has 0 radical (unpaired) electrons. The van der Waals surface area contributed by atoms with E-state index in [1.165, 1.54) is 28.0 Å². The SMILES string of the molecule is CCc1ccc(C(C)NC(C)Cc2c(F)cccc2F)s1. The highest BCUT2D eigenvalue weighted by Gasteiger charge is 2.15. The van der Waals surface area contributed by atoms with Crippen molar-refractivity contribution in [3.05, 3.63) is 57.3 Å². The van der Waals surface area contributed by atoms with E-state index in [1.807, 2.05) is 6.92 Å². The van der Waals surface area contributed by atoms with Crippen LogP contribution in [-0.4, -0.2) is 6.04 Å². The molecule has 114 valence electrons. The summed E-state index contributed by atoms with van der Waals surface area (Å²) in [6, 6.07) is 8.45. The zero-order valence-electron chi connectivity index (χ0n) is 12.6. The Morgan fingerprint density at radius 2 is 1.76 bits per heavy atom. The van der Waals surface area contributed by atoms with Crippen LogP contribution in [0.5, 0.6) is 0 Å². The molecular weight excluding hydrogens is 288 g/mol. The van der Waals surface area contributed by atoms with Crippen LogP contribution in [0.2, 0.25) is 0 Å². The maximum Gasteiger partial charge on any atom is 0.129 e. The molecule has 1 aromatic carbocycles. The lowest BCUT2D eigenvalue weighted by atomic mass is 10.0. The summed E-state index contributed by atoms with van der Waals surface area (Å²) in [6.45, 7) is 6.17. The van der Waals surface area contributed by atoms with E-state index in [4.69, 9.17) is 0 Å². The van der Waals surface area contributed by atoms with Gasteiger partial charge in [0, 0.05) is 27.4 Å². The number of hydrogen-bond acceptors (Lipinski definition) is 2. The van der Waals surface area contributed by atoms with Crippen LogP contribution in [0.25, 0.3) is 0 Å². The van der Waals surface area contributed by atoms with Crippen molar-refractivity contribution >= 4 is 11.3 Å². The Morgan fingerprint density at radius 1 is 1.10 bits per heavy atom. The van der Waals surface area contributed by atoms with Gasteiger partial charge in [-0.05, 0) is 51.0 Å². The first-order valence-corrected chi connectivity index (χ1v) is 8.10. The lowest BCUT2D eigenvalue weighted by molar-refractivity contribution is 0.461. The molecule has 0 spiro atoms. The third-order valence-corrected chi connectivity index (χ3v) is 4.98. The van der Waals surface area contributed by atoms with E-state index in [9.17, 15) is 8.78 Å². The largest absolute Gasteiger partial charge is 0.307 e. The number of rotatable bonds is 6. The van der Waals surface area contributed by atoms with Gasteiger partial charge in [-0.3, -0.25) is 0 Å². The van der Waals surface area contributed by atoms with E-state index in [0.29, 0.717) is 6.42 Å². The molecule has 21 heavy (non-hydrogen) atoms. The Balaban J connectivity index is 1.99. The second kappa shape index (κ2) is 7.14. The quantitative estimate of drug-likeness (QED) is 0.802. The summed E-state index contributed by atoms with van der Waals surface area (Å²) in [7, 11) is 0. The topological polar surface area (TPSA) is 12.0 Å². The zero-order chi connectivity index (χ0) is 15.4. The summed E-state index contributed by atoms with van der Waals surface area (Å²) in [4.78, 5) is 2.61. The fourth-order valence-corrected chi connectivity index (χ4v) is 3.38. The molecule has 2 aromatic rings. The highest BCUT2D eigenvalue weighted by molar-refractivity contribution is 7.12. The van der Waals surface area contributed by atoms with Crippen molar-refractivity contribution in [1.82, 2.24) is 5.32 Å². The smallest absolute Gasteiger partial charge is 0.129 e. The van der Waals surface area contributed by atoms with Crippen LogP contribution in [-0.2, 0) is 12.8 Å². The standard InChI is InChI=1S/C17H21F2NS/c1-4-13-8-9-17(21-13)12(3)20-11(2)10-14-15(18)6-5-7-16(14)19/h5-9,11-12,20H,4,10H2,1-3H3. The fourth-order valence-electron chi connectivity index (χ4n) is 2.42. The van der Waals surface area contributed by atoms with Crippen molar-refractivity contribution in [1.29, 1.82) is 0 Å². The number of benzene rings is 1. The first-order valence-electron chi connectivity index (χ1n) is 7.28. The average Bonchev–Trinajstić information content (AvgIpc) is 2.92. The lowest BCUT2D eigenvalue weighted by Gasteiger charge is -2.19. The normalized spacial score (nSPS) is 14.1. The predicted octanol–water partition coefficient (Wildman–Crippen LogP) is 4.87. The third-order valence-electron chi connectivity index (χ3n) is 3.56. The molecule has 1 N–H and O–H groups in total. The second-order valence-corrected chi connectivity index (χ2v) is 6.55. The summed E-state index contributed by atoms with van der Waals surface area (Å²) in [5, 5.41) is 3.41. The van der Waals surface area contributed by atoms with E-state index in [0.717, 1.165) is 6.42 Å². The maximum absolute atomic E-state index is 13.7. The summed E-state index contributed by atoms with van der Waals surface area (Å²) in [6.07, 6.45) is 1.38. The number of aryl methyl sites for hydroxylation is 1. The summed E-state index contributed by atoms with van der Waals surface area (Å²) in [5.74, 6) is -0.943. The van der Waals surface area contributed by atoms with Gasteiger partial charge in [0.1, 0.15) is 11.6 Å². The summed E-state index contributed by atoms with van der Waals surface area (Å²) >= 11 is 1.78. The molecule has 4 heteroatoms. The molecular formula is C17H21F2NS. The minimum Gasteiger partial charge on any atom is -0.307 e. The van der Waals surface area contributed by atoms with E-state index in [2.05, 4.69) is 31.3 Å². The predicted molar refractivity (Wildman–Crippen MR) is 84.8 cm³/mol. The Kier molecular flexibility index (Phi) is 5.48. The van der Waals surface area contributed by atoms with Crippen LogP contribution >= 0.6 is 11.3 Å². The minimum absolute atomic E-state index is 0.00132. The monoisotopic (exact) mass is 309 g/mol. The van der Waals surface area contributed by atoms with Gasteiger partial charge in [-0.15, -0.1) is 11.3 Å². The Hall–Kier alpha value is -1.26.